The topological polar surface area (TPSA) is 15.3 Å². The third-order valence-corrected chi connectivity index (χ3v) is 3.02. The standard InChI is InChI=1S/C13H30N2/c1-7-15(8-2)13(6)10-14-12(5)9-11(3)4/h11-14H,7-10H2,1-6H3. The number of nitrogens with zero attached hydrogens (tertiary/aromatic N) is 1. The molecule has 0 aliphatic carbocycles. The van der Waals surface area contributed by atoms with Crippen LogP contribution in [0.2, 0.25) is 0 Å². The third kappa shape index (κ3) is 6.91. The summed E-state index contributed by atoms with van der Waals surface area (Å²) in [7, 11) is 0. The molecule has 0 aliphatic heterocycles. The lowest BCUT2D eigenvalue weighted by Crippen LogP contribution is -2.42. The SMILES string of the molecule is CCN(CC)C(C)CNC(C)CC(C)C. The van der Waals surface area contributed by atoms with Crippen LogP contribution < -0.4 is 5.32 Å². The Labute approximate surface area is 96.4 Å². The molecule has 92 valence electrons. The van der Waals surface area contributed by atoms with Gasteiger partial charge in [-0.1, -0.05) is 27.7 Å². The highest BCUT2D eigenvalue weighted by atomic mass is 15.2. The zero-order valence-electron chi connectivity index (χ0n) is 11.5. The minimum absolute atomic E-state index is 0.642. The summed E-state index contributed by atoms with van der Waals surface area (Å²) in [6, 6.07) is 1.29. The zero-order chi connectivity index (χ0) is 11.8. The Bertz CT molecular complexity index is 141. The summed E-state index contributed by atoms with van der Waals surface area (Å²) in [6.07, 6.45) is 1.27. The summed E-state index contributed by atoms with van der Waals surface area (Å²) in [5.74, 6) is 0.788. The van der Waals surface area contributed by atoms with Crippen LogP contribution in [0.5, 0.6) is 0 Å². The fraction of sp³-hybridized carbons (Fsp3) is 1.00. The van der Waals surface area contributed by atoms with E-state index < -0.39 is 0 Å². The Hall–Kier alpha value is -0.0800. The Morgan fingerprint density at radius 3 is 1.93 bits per heavy atom. The van der Waals surface area contributed by atoms with Crippen LogP contribution in [0, 0.1) is 5.92 Å². The zero-order valence-corrected chi connectivity index (χ0v) is 11.5. The Morgan fingerprint density at radius 1 is 1.00 bits per heavy atom. The van der Waals surface area contributed by atoms with Gasteiger partial charge in [0, 0.05) is 18.6 Å². The first-order valence-corrected chi connectivity index (χ1v) is 6.48. The first-order valence-electron chi connectivity index (χ1n) is 6.48. The van der Waals surface area contributed by atoms with Crippen LogP contribution in [0.1, 0.15) is 48.0 Å². The van der Waals surface area contributed by atoms with Crippen LogP contribution >= 0.6 is 0 Å². The predicted octanol–water partition coefficient (Wildman–Crippen LogP) is 2.74. The van der Waals surface area contributed by atoms with E-state index >= 15 is 0 Å². The molecule has 0 radical (unpaired) electrons. The Morgan fingerprint density at radius 2 is 1.53 bits per heavy atom. The van der Waals surface area contributed by atoms with Crippen LogP contribution in [0.25, 0.3) is 0 Å². The van der Waals surface area contributed by atoms with Gasteiger partial charge in [-0.05, 0) is 39.3 Å². The summed E-state index contributed by atoms with van der Waals surface area (Å²) in [6.45, 7) is 17.0. The molecule has 0 aromatic carbocycles. The fourth-order valence-electron chi connectivity index (χ4n) is 2.14. The summed E-state index contributed by atoms with van der Waals surface area (Å²) in [5, 5.41) is 3.62. The van der Waals surface area contributed by atoms with Gasteiger partial charge in [-0.2, -0.15) is 0 Å². The second kappa shape index (κ2) is 8.12. The molecular formula is C13H30N2. The van der Waals surface area contributed by atoms with Crippen LogP contribution in [0.15, 0.2) is 0 Å². The maximum absolute atomic E-state index is 3.62. The summed E-state index contributed by atoms with van der Waals surface area (Å²) >= 11 is 0. The molecular weight excluding hydrogens is 184 g/mol. The molecule has 2 nitrogen and oxygen atoms in total. The van der Waals surface area contributed by atoms with E-state index in [9.17, 15) is 0 Å². The highest BCUT2D eigenvalue weighted by Crippen LogP contribution is 2.04. The van der Waals surface area contributed by atoms with Crippen molar-refractivity contribution >= 4 is 0 Å². The first-order chi connectivity index (χ1) is 7.01. The number of rotatable bonds is 8. The highest BCUT2D eigenvalue weighted by molar-refractivity contribution is 4.71. The molecule has 0 aromatic heterocycles. The average Bonchev–Trinajstić information content (AvgIpc) is 2.15. The normalized spacial score (nSPS) is 16.0. The van der Waals surface area contributed by atoms with Crippen LogP contribution in [0.3, 0.4) is 0 Å². The molecule has 2 heteroatoms. The van der Waals surface area contributed by atoms with E-state index in [2.05, 4.69) is 51.8 Å². The van der Waals surface area contributed by atoms with Crippen LogP contribution in [0.4, 0.5) is 0 Å². The molecule has 2 atom stereocenters. The number of likely N-dealkylation sites (N-methyl/N-ethyl adjacent to an activating group) is 1. The third-order valence-electron chi connectivity index (χ3n) is 3.02. The van der Waals surface area contributed by atoms with Gasteiger partial charge in [-0.15, -0.1) is 0 Å². The van der Waals surface area contributed by atoms with Gasteiger partial charge in [0.2, 0.25) is 0 Å². The van der Waals surface area contributed by atoms with Gasteiger partial charge in [-0.25, -0.2) is 0 Å². The van der Waals surface area contributed by atoms with E-state index in [1.54, 1.807) is 0 Å². The molecule has 0 heterocycles. The number of hydrogen-bond acceptors (Lipinski definition) is 2. The van der Waals surface area contributed by atoms with Gasteiger partial charge >= 0.3 is 0 Å². The maximum atomic E-state index is 3.62. The molecule has 0 amide bonds. The van der Waals surface area contributed by atoms with Crippen molar-refractivity contribution in [3.63, 3.8) is 0 Å². The van der Waals surface area contributed by atoms with Crippen molar-refractivity contribution in [3.05, 3.63) is 0 Å². The van der Waals surface area contributed by atoms with Gasteiger partial charge in [0.15, 0.2) is 0 Å². The molecule has 2 unspecified atom stereocenters. The highest BCUT2D eigenvalue weighted by Gasteiger charge is 2.11. The van der Waals surface area contributed by atoms with Crippen molar-refractivity contribution in [2.45, 2.75) is 60.0 Å². The van der Waals surface area contributed by atoms with Gasteiger partial charge in [0.05, 0.1) is 0 Å². The van der Waals surface area contributed by atoms with E-state index in [0.29, 0.717) is 12.1 Å². The lowest BCUT2D eigenvalue weighted by Gasteiger charge is -2.28. The molecule has 0 bridgehead atoms. The van der Waals surface area contributed by atoms with Gasteiger partial charge in [0.25, 0.3) is 0 Å². The number of nitrogens with one attached hydrogen (secondary N) is 1. The largest absolute Gasteiger partial charge is 0.313 e. The van der Waals surface area contributed by atoms with E-state index in [0.717, 1.165) is 25.6 Å². The van der Waals surface area contributed by atoms with E-state index in [4.69, 9.17) is 0 Å². The average molecular weight is 214 g/mol. The lowest BCUT2D eigenvalue weighted by atomic mass is 10.1. The predicted molar refractivity (Wildman–Crippen MR) is 69.3 cm³/mol. The van der Waals surface area contributed by atoms with Crippen molar-refractivity contribution in [2.24, 2.45) is 5.92 Å². The van der Waals surface area contributed by atoms with Crippen molar-refractivity contribution in [3.8, 4) is 0 Å². The molecule has 0 saturated heterocycles. The Kier molecular flexibility index (Phi) is 8.07. The molecule has 0 fully saturated rings. The monoisotopic (exact) mass is 214 g/mol. The molecule has 0 saturated carbocycles. The van der Waals surface area contributed by atoms with Crippen molar-refractivity contribution < 1.29 is 0 Å². The summed E-state index contributed by atoms with van der Waals surface area (Å²) in [5.41, 5.74) is 0. The second-order valence-electron chi connectivity index (χ2n) is 5.01. The second-order valence-corrected chi connectivity index (χ2v) is 5.01. The molecule has 0 aliphatic rings. The minimum Gasteiger partial charge on any atom is -0.313 e. The summed E-state index contributed by atoms with van der Waals surface area (Å²) < 4.78 is 0. The van der Waals surface area contributed by atoms with Gasteiger partial charge < -0.3 is 5.32 Å². The molecule has 1 N–H and O–H groups in total. The lowest BCUT2D eigenvalue weighted by molar-refractivity contribution is 0.219. The van der Waals surface area contributed by atoms with Gasteiger partial charge in [-0.3, -0.25) is 4.90 Å². The van der Waals surface area contributed by atoms with E-state index in [1.807, 2.05) is 0 Å². The van der Waals surface area contributed by atoms with Crippen LogP contribution in [-0.4, -0.2) is 36.6 Å². The number of hydrogen-bond donors (Lipinski definition) is 1. The van der Waals surface area contributed by atoms with E-state index in [1.165, 1.54) is 6.42 Å². The van der Waals surface area contributed by atoms with Crippen molar-refractivity contribution in [1.29, 1.82) is 0 Å². The van der Waals surface area contributed by atoms with Gasteiger partial charge in [0.1, 0.15) is 0 Å². The molecule has 0 rings (SSSR count). The van der Waals surface area contributed by atoms with E-state index in [-0.39, 0.29) is 0 Å². The van der Waals surface area contributed by atoms with Crippen molar-refractivity contribution in [1.82, 2.24) is 10.2 Å². The fourth-order valence-corrected chi connectivity index (χ4v) is 2.14. The first kappa shape index (κ1) is 14.9. The molecule has 0 aromatic rings. The molecule has 0 spiro atoms. The summed E-state index contributed by atoms with van der Waals surface area (Å²) in [4.78, 5) is 2.50. The maximum Gasteiger partial charge on any atom is 0.0192 e. The van der Waals surface area contributed by atoms with Crippen LogP contribution in [-0.2, 0) is 0 Å². The quantitative estimate of drug-likeness (QED) is 0.668. The van der Waals surface area contributed by atoms with Crippen molar-refractivity contribution in [2.75, 3.05) is 19.6 Å². The minimum atomic E-state index is 0.642. The Balaban J connectivity index is 3.73. The molecule has 15 heavy (non-hydrogen) atoms. The smallest absolute Gasteiger partial charge is 0.0192 e.